The largest absolute Gasteiger partial charge is 0.508 e. The van der Waals surface area contributed by atoms with Gasteiger partial charge < -0.3 is 30.2 Å². The van der Waals surface area contributed by atoms with Crippen molar-refractivity contribution in [2.75, 3.05) is 0 Å². The van der Waals surface area contributed by atoms with Crippen LogP contribution >= 0.6 is 7.60 Å². The first-order chi connectivity index (χ1) is 11.0. The lowest BCUT2D eigenvalue weighted by atomic mass is 9.89. The molecular weight excluding hydrogens is 335 g/mol. The van der Waals surface area contributed by atoms with Crippen molar-refractivity contribution in [3.8, 4) is 11.5 Å². The van der Waals surface area contributed by atoms with Gasteiger partial charge >= 0.3 is 7.60 Å². The molecule has 8 heteroatoms. The van der Waals surface area contributed by atoms with Gasteiger partial charge in [0.15, 0.2) is 5.79 Å². The van der Waals surface area contributed by atoms with Crippen LogP contribution in [0.5, 0.6) is 11.5 Å². The van der Waals surface area contributed by atoms with Crippen molar-refractivity contribution in [1.29, 1.82) is 0 Å². The molecule has 0 aliphatic rings. The predicted molar refractivity (Wildman–Crippen MR) is 87.0 cm³/mol. The van der Waals surface area contributed by atoms with Crippen LogP contribution in [0.3, 0.4) is 0 Å². The predicted octanol–water partition coefficient (Wildman–Crippen LogP) is 1.23. The van der Waals surface area contributed by atoms with E-state index in [4.69, 9.17) is 0 Å². The molecule has 0 aliphatic carbocycles. The number of rotatable bonds is 5. The molecule has 0 aromatic heterocycles. The van der Waals surface area contributed by atoms with E-state index in [0.717, 1.165) is 18.2 Å². The fraction of sp³-hybridized carbons (Fsp3) is 0.250. The number of phenols is 2. The van der Waals surface area contributed by atoms with Gasteiger partial charge in [0, 0.05) is 12.0 Å². The molecular formula is C16H19O7P. The van der Waals surface area contributed by atoms with Crippen LogP contribution in [0.2, 0.25) is 0 Å². The molecule has 0 aliphatic heterocycles. The molecule has 1 atom stereocenters. The number of phenolic OH excluding ortho intramolecular Hbond substituents is 2. The summed E-state index contributed by atoms with van der Waals surface area (Å²) in [4.78, 5) is 18.8. The second kappa shape index (κ2) is 6.55. The first-order valence-electron chi connectivity index (χ1n) is 7.14. The molecule has 0 heterocycles. The van der Waals surface area contributed by atoms with Gasteiger partial charge in [0.05, 0.1) is 5.30 Å². The summed E-state index contributed by atoms with van der Waals surface area (Å²) in [6.45, 7) is 1.70. The minimum Gasteiger partial charge on any atom is -0.508 e. The van der Waals surface area contributed by atoms with E-state index in [1.807, 2.05) is 0 Å². The summed E-state index contributed by atoms with van der Waals surface area (Å²) in [5, 5.41) is 39.1. The Balaban J connectivity index is 2.38. The Morgan fingerprint density at radius 1 is 1.00 bits per heavy atom. The van der Waals surface area contributed by atoms with E-state index in [2.05, 4.69) is 0 Å². The SMILES string of the molecule is CC(CC(O)(O)c1cc(O)ccc1P(=O)(O)O)c1ccc(O)cc1. The summed E-state index contributed by atoms with van der Waals surface area (Å²) in [6.07, 6.45) is -0.270. The highest BCUT2D eigenvalue weighted by molar-refractivity contribution is 7.60. The fourth-order valence-corrected chi connectivity index (χ4v) is 3.38. The summed E-state index contributed by atoms with van der Waals surface area (Å²) in [5.41, 5.74) is 0.264. The van der Waals surface area contributed by atoms with Gasteiger partial charge in [-0.05, 0) is 41.8 Å². The molecule has 7 nitrogen and oxygen atoms in total. The minimum atomic E-state index is -4.76. The van der Waals surface area contributed by atoms with Crippen molar-refractivity contribution in [1.82, 2.24) is 0 Å². The van der Waals surface area contributed by atoms with Crippen LogP contribution in [0.4, 0.5) is 0 Å². The van der Waals surface area contributed by atoms with Crippen LogP contribution in [0.25, 0.3) is 0 Å². The van der Waals surface area contributed by atoms with E-state index in [-0.39, 0.29) is 17.9 Å². The van der Waals surface area contributed by atoms with Gasteiger partial charge in [0.2, 0.25) is 0 Å². The number of benzene rings is 2. The van der Waals surface area contributed by atoms with E-state index in [1.54, 1.807) is 19.1 Å². The van der Waals surface area contributed by atoms with E-state index in [0.29, 0.717) is 5.56 Å². The van der Waals surface area contributed by atoms with Crippen molar-refractivity contribution < 1.29 is 34.8 Å². The highest BCUT2D eigenvalue weighted by Gasteiger charge is 2.36. The van der Waals surface area contributed by atoms with E-state index >= 15 is 0 Å². The zero-order valence-corrected chi connectivity index (χ0v) is 13.8. The van der Waals surface area contributed by atoms with Crippen LogP contribution in [-0.4, -0.2) is 30.2 Å². The molecule has 2 rings (SSSR count). The topological polar surface area (TPSA) is 138 Å². The molecule has 6 N–H and O–H groups in total. The molecule has 130 valence electrons. The lowest BCUT2D eigenvalue weighted by Gasteiger charge is -2.28. The zero-order valence-electron chi connectivity index (χ0n) is 12.9. The third kappa shape index (κ3) is 4.14. The number of aromatic hydroxyl groups is 2. The molecule has 0 fully saturated rings. The molecule has 0 amide bonds. The van der Waals surface area contributed by atoms with E-state index < -0.39 is 30.2 Å². The summed E-state index contributed by atoms with van der Waals surface area (Å²) in [5.74, 6) is -3.23. The van der Waals surface area contributed by atoms with E-state index in [1.165, 1.54) is 12.1 Å². The first kappa shape index (κ1) is 18.4. The second-order valence-corrected chi connectivity index (χ2v) is 7.33. The number of hydrogen-bond acceptors (Lipinski definition) is 5. The van der Waals surface area contributed by atoms with Crippen molar-refractivity contribution >= 4 is 12.9 Å². The summed E-state index contributed by atoms with van der Waals surface area (Å²) >= 11 is 0. The highest BCUT2D eigenvalue weighted by atomic mass is 31.2. The molecule has 0 bridgehead atoms. The van der Waals surface area contributed by atoms with Crippen LogP contribution in [0.1, 0.15) is 30.4 Å². The minimum absolute atomic E-state index is 0.0713. The third-order valence-electron chi connectivity index (χ3n) is 3.78. The molecule has 24 heavy (non-hydrogen) atoms. The van der Waals surface area contributed by atoms with Crippen LogP contribution in [0, 0.1) is 0 Å². The quantitative estimate of drug-likeness (QED) is 0.351. The zero-order chi connectivity index (χ0) is 18.1. The Hall–Kier alpha value is -1.89. The van der Waals surface area contributed by atoms with E-state index in [9.17, 15) is 34.8 Å². The van der Waals surface area contributed by atoms with Gasteiger partial charge in [0.1, 0.15) is 11.5 Å². The first-order valence-corrected chi connectivity index (χ1v) is 8.75. The number of hydrogen-bond donors (Lipinski definition) is 6. The summed E-state index contributed by atoms with van der Waals surface area (Å²) < 4.78 is 11.6. The summed E-state index contributed by atoms with van der Waals surface area (Å²) in [6, 6.07) is 9.10. The smallest absolute Gasteiger partial charge is 0.356 e. The number of aliphatic hydroxyl groups is 2. The van der Waals surface area contributed by atoms with Crippen LogP contribution < -0.4 is 5.30 Å². The Labute approximate surface area is 138 Å². The Bertz CT molecular complexity index is 764. The molecule has 0 spiro atoms. The average molecular weight is 354 g/mol. The molecule has 0 saturated heterocycles. The summed E-state index contributed by atoms with van der Waals surface area (Å²) in [7, 11) is -4.76. The second-order valence-electron chi connectivity index (χ2n) is 5.76. The maximum atomic E-state index is 11.6. The van der Waals surface area contributed by atoms with Gasteiger partial charge in [0.25, 0.3) is 0 Å². The van der Waals surface area contributed by atoms with Crippen LogP contribution in [0.15, 0.2) is 42.5 Å². The Kier molecular flexibility index (Phi) is 5.03. The fourth-order valence-electron chi connectivity index (χ4n) is 2.56. The van der Waals surface area contributed by atoms with Crippen molar-refractivity contribution in [2.45, 2.75) is 25.0 Å². The lowest BCUT2D eigenvalue weighted by Crippen LogP contribution is -2.33. The van der Waals surface area contributed by atoms with Crippen molar-refractivity contribution in [3.05, 3.63) is 53.6 Å². The Morgan fingerprint density at radius 3 is 2.08 bits per heavy atom. The third-order valence-corrected chi connectivity index (χ3v) is 4.80. The van der Waals surface area contributed by atoms with Gasteiger partial charge in [-0.3, -0.25) is 4.57 Å². The molecule has 2 aromatic rings. The van der Waals surface area contributed by atoms with Crippen LogP contribution in [-0.2, 0) is 10.4 Å². The standard InChI is InChI=1S/C16H19O7P/c1-10(11-2-4-12(17)5-3-11)9-16(19,20)14-8-13(18)6-7-15(14)24(21,22)23/h2-8,10,17-20H,9H2,1H3,(H2,21,22,23). The average Bonchev–Trinajstić information content (AvgIpc) is 2.46. The molecule has 0 radical (unpaired) electrons. The van der Waals surface area contributed by atoms with Crippen molar-refractivity contribution in [3.63, 3.8) is 0 Å². The van der Waals surface area contributed by atoms with Gasteiger partial charge in [-0.2, -0.15) is 0 Å². The normalized spacial score (nSPS) is 13.7. The van der Waals surface area contributed by atoms with Gasteiger partial charge in [-0.25, -0.2) is 0 Å². The Morgan fingerprint density at radius 2 is 1.54 bits per heavy atom. The molecule has 1 unspecified atom stereocenters. The lowest BCUT2D eigenvalue weighted by molar-refractivity contribution is -0.176. The van der Waals surface area contributed by atoms with Gasteiger partial charge in [-0.1, -0.05) is 19.1 Å². The monoisotopic (exact) mass is 354 g/mol. The molecule has 0 saturated carbocycles. The maximum Gasteiger partial charge on any atom is 0.356 e. The molecule has 2 aromatic carbocycles. The maximum absolute atomic E-state index is 11.6. The highest BCUT2D eigenvalue weighted by Crippen LogP contribution is 2.40. The van der Waals surface area contributed by atoms with Crippen molar-refractivity contribution in [2.24, 2.45) is 0 Å². The van der Waals surface area contributed by atoms with Gasteiger partial charge in [-0.15, -0.1) is 0 Å².